The molecule has 26 heavy (non-hydrogen) atoms. The Morgan fingerprint density at radius 3 is 3.04 bits per heavy atom. The maximum atomic E-state index is 12.3. The first-order valence-electron chi connectivity index (χ1n) is 8.28. The molecule has 2 aromatic heterocycles. The average Bonchev–Trinajstić information content (AvgIpc) is 3.15. The number of hydrogen-bond acceptors (Lipinski definition) is 6. The van der Waals surface area contributed by atoms with E-state index in [0.717, 1.165) is 37.7 Å². The van der Waals surface area contributed by atoms with Crippen LogP contribution in [-0.4, -0.2) is 55.7 Å². The van der Waals surface area contributed by atoms with Crippen molar-refractivity contribution < 1.29 is 8.78 Å². The highest BCUT2D eigenvalue weighted by molar-refractivity contribution is 7.96. The van der Waals surface area contributed by atoms with Crippen molar-refractivity contribution in [1.82, 2.24) is 24.2 Å². The molecule has 1 unspecified atom stereocenters. The number of imidazole rings is 1. The smallest absolute Gasteiger partial charge is 0.279 e. The molecule has 0 radical (unpaired) electrons. The van der Waals surface area contributed by atoms with Gasteiger partial charge in [-0.25, -0.2) is 23.7 Å². The first kappa shape index (κ1) is 18.7. The van der Waals surface area contributed by atoms with Crippen molar-refractivity contribution >= 4 is 23.7 Å². The van der Waals surface area contributed by atoms with E-state index >= 15 is 0 Å². The zero-order valence-electron chi connectivity index (χ0n) is 14.3. The van der Waals surface area contributed by atoms with Crippen LogP contribution in [0.4, 0.5) is 8.78 Å². The van der Waals surface area contributed by atoms with Gasteiger partial charge < -0.3 is 4.98 Å². The Labute approximate surface area is 154 Å². The number of rotatable bonds is 6. The summed E-state index contributed by atoms with van der Waals surface area (Å²) in [6.07, 6.45) is 7.08. The van der Waals surface area contributed by atoms with Crippen LogP contribution in [0.3, 0.4) is 0 Å². The van der Waals surface area contributed by atoms with Gasteiger partial charge in [-0.3, -0.25) is 9.71 Å². The highest BCUT2D eigenvalue weighted by atomic mass is 32.2. The molecule has 3 heterocycles. The van der Waals surface area contributed by atoms with Gasteiger partial charge in [0, 0.05) is 24.7 Å². The SMILES string of the molecule is CSN1CCCC(c2cc(-c3cnc(/C=C\C(=N)C(F)F)[nH]3)ncn2)C1. The van der Waals surface area contributed by atoms with E-state index in [1.807, 2.05) is 6.07 Å². The molecule has 138 valence electrons. The summed E-state index contributed by atoms with van der Waals surface area (Å²) in [6, 6.07) is 1.96. The second-order valence-corrected chi connectivity index (χ2v) is 6.89. The van der Waals surface area contributed by atoms with Crippen molar-refractivity contribution in [2.75, 3.05) is 19.3 Å². The topological polar surface area (TPSA) is 81.5 Å². The fourth-order valence-electron chi connectivity index (χ4n) is 2.89. The van der Waals surface area contributed by atoms with Gasteiger partial charge in [0.15, 0.2) is 0 Å². The molecule has 6 nitrogen and oxygen atoms in total. The van der Waals surface area contributed by atoms with Crippen LogP contribution in [0.1, 0.15) is 30.3 Å². The molecule has 1 fully saturated rings. The van der Waals surface area contributed by atoms with E-state index in [0.29, 0.717) is 23.1 Å². The van der Waals surface area contributed by atoms with Gasteiger partial charge in [-0.05, 0) is 37.3 Å². The molecule has 1 saturated heterocycles. The summed E-state index contributed by atoms with van der Waals surface area (Å²) in [6.45, 7) is 2.06. The molecule has 0 aromatic carbocycles. The Balaban J connectivity index is 1.75. The number of nitrogens with one attached hydrogen (secondary N) is 2. The standard InChI is InChI=1S/C17H20F2N6S/c1-26-25-6-2-3-11(9-25)13-7-14(23-10-22-13)15-8-21-16(24-15)5-4-12(20)17(18)19/h4-5,7-8,10-11,17,20H,2-3,6,9H2,1H3,(H,21,24)/b5-4-,20-12?. The summed E-state index contributed by atoms with van der Waals surface area (Å²) in [4.78, 5) is 15.9. The van der Waals surface area contributed by atoms with Crippen LogP contribution in [0, 0.1) is 5.41 Å². The minimum atomic E-state index is -2.79. The molecule has 2 N–H and O–H groups in total. The van der Waals surface area contributed by atoms with E-state index in [1.54, 1.807) is 24.5 Å². The van der Waals surface area contributed by atoms with Crippen molar-refractivity contribution in [3.8, 4) is 11.4 Å². The fraction of sp³-hybridized carbons (Fsp3) is 0.412. The number of aromatic nitrogens is 4. The van der Waals surface area contributed by atoms with Crippen LogP contribution in [0.15, 0.2) is 24.7 Å². The lowest BCUT2D eigenvalue weighted by molar-refractivity contribution is 0.226. The van der Waals surface area contributed by atoms with Gasteiger partial charge in [-0.1, -0.05) is 11.9 Å². The largest absolute Gasteiger partial charge is 0.337 e. The predicted octanol–water partition coefficient (Wildman–Crippen LogP) is 3.62. The molecule has 1 aliphatic rings. The summed E-state index contributed by atoms with van der Waals surface area (Å²) >= 11 is 1.75. The number of halogens is 2. The Morgan fingerprint density at radius 1 is 1.42 bits per heavy atom. The monoisotopic (exact) mass is 378 g/mol. The number of allylic oxidation sites excluding steroid dienone is 1. The van der Waals surface area contributed by atoms with E-state index in [-0.39, 0.29) is 0 Å². The van der Waals surface area contributed by atoms with Crippen molar-refractivity contribution in [2.24, 2.45) is 0 Å². The molecule has 2 aromatic rings. The van der Waals surface area contributed by atoms with Gasteiger partial charge in [0.2, 0.25) is 0 Å². The third-order valence-electron chi connectivity index (χ3n) is 4.28. The predicted molar refractivity (Wildman–Crippen MR) is 99.4 cm³/mol. The summed E-state index contributed by atoms with van der Waals surface area (Å²) in [5, 5.41) is 7.13. The van der Waals surface area contributed by atoms with Crippen LogP contribution in [-0.2, 0) is 0 Å². The highest BCUT2D eigenvalue weighted by Crippen LogP contribution is 2.29. The van der Waals surface area contributed by atoms with Gasteiger partial charge >= 0.3 is 0 Å². The molecule has 1 atom stereocenters. The Bertz CT molecular complexity index is 791. The first-order valence-corrected chi connectivity index (χ1v) is 9.46. The van der Waals surface area contributed by atoms with Crippen molar-refractivity contribution in [2.45, 2.75) is 25.2 Å². The Hall–Kier alpha value is -2.13. The molecule has 0 bridgehead atoms. The van der Waals surface area contributed by atoms with Gasteiger partial charge in [0.1, 0.15) is 12.2 Å². The first-order chi connectivity index (χ1) is 12.6. The number of aromatic amines is 1. The number of piperidine rings is 1. The lowest BCUT2D eigenvalue weighted by Crippen LogP contribution is -2.29. The van der Waals surface area contributed by atoms with Gasteiger partial charge in [-0.15, -0.1) is 0 Å². The number of hydrogen-bond donors (Lipinski definition) is 2. The second kappa shape index (κ2) is 8.50. The molecule has 9 heteroatoms. The normalized spacial score (nSPS) is 18.7. The molecular weight excluding hydrogens is 358 g/mol. The van der Waals surface area contributed by atoms with Crippen molar-refractivity contribution in [3.05, 3.63) is 36.2 Å². The van der Waals surface area contributed by atoms with Gasteiger partial charge in [0.25, 0.3) is 6.43 Å². The summed E-state index contributed by atoms with van der Waals surface area (Å²) < 4.78 is 27.0. The van der Waals surface area contributed by atoms with Crippen molar-refractivity contribution in [3.63, 3.8) is 0 Å². The number of alkyl halides is 2. The van der Waals surface area contributed by atoms with Gasteiger partial charge in [0.05, 0.1) is 23.3 Å². The third kappa shape index (κ3) is 4.53. The molecule has 0 spiro atoms. The van der Waals surface area contributed by atoms with Gasteiger partial charge in [-0.2, -0.15) is 0 Å². The lowest BCUT2D eigenvalue weighted by Gasteiger charge is -2.30. The van der Waals surface area contributed by atoms with Crippen LogP contribution >= 0.6 is 11.9 Å². The van der Waals surface area contributed by atoms with Crippen LogP contribution < -0.4 is 0 Å². The van der Waals surface area contributed by atoms with Crippen LogP contribution in [0.5, 0.6) is 0 Å². The van der Waals surface area contributed by atoms with E-state index in [2.05, 4.69) is 30.5 Å². The number of H-pyrrole nitrogens is 1. The lowest BCUT2D eigenvalue weighted by atomic mass is 9.95. The molecule has 0 amide bonds. The maximum Gasteiger partial charge on any atom is 0.279 e. The summed E-state index contributed by atoms with van der Waals surface area (Å²) in [7, 11) is 0. The van der Waals surface area contributed by atoms with E-state index < -0.39 is 12.1 Å². The fourth-order valence-corrected chi connectivity index (χ4v) is 3.53. The Morgan fingerprint density at radius 2 is 2.27 bits per heavy atom. The molecule has 0 aliphatic carbocycles. The van der Waals surface area contributed by atoms with E-state index in [1.165, 1.54) is 6.08 Å². The van der Waals surface area contributed by atoms with Crippen LogP contribution in [0.25, 0.3) is 17.5 Å². The zero-order valence-corrected chi connectivity index (χ0v) is 15.1. The second-order valence-electron chi connectivity index (χ2n) is 6.01. The minimum absolute atomic E-state index is 0.367. The molecule has 1 aliphatic heterocycles. The minimum Gasteiger partial charge on any atom is -0.337 e. The highest BCUT2D eigenvalue weighted by Gasteiger charge is 2.22. The molecule has 0 saturated carbocycles. The van der Waals surface area contributed by atoms with Crippen LogP contribution in [0.2, 0.25) is 0 Å². The van der Waals surface area contributed by atoms with E-state index in [4.69, 9.17) is 5.41 Å². The number of nitrogens with zero attached hydrogens (tertiary/aromatic N) is 4. The molecule has 3 rings (SSSR count). The maximum absolute atomic E-state index is 12.3. The van der Waals surface area contributed by atoms with Crippen molar-refractivity contribution in [1.29, 1.82) is 5.41 Å². The Kier molecular flexibility index (Phi) is 6.10. The summed E-state index contributed by atoms with van der Waals surface area (Å²) in [5.41, 5.74) is 1.66. The summed E-state index contributed by atoms with van der Waals surface area (Å²) in [5.74, 6) is 0.767. The zero-order chi connectivity index (χ0) is 18.5. The average molecular weight is 378 g/mol. The van der Waals surface area contributed by atoms with E-state index in [9.17, 15) is 8.78 Å². The molecular formula is C17H20F2N6S. The third-order valence-corrected chi connectivity index (χ3v) is 5.12. The quantitative estimate of drug-likeness (QED) is 0.593.